The molecule has 0 aromatic heterocycles. The highest BCUT2D eigenvalue weighted by molar-refractivity contribution is 7.90. The first kappa shape index (κ1) is 14.9. The lowest BCUT2D eigenvalue weighted by Crippen LogP contribution is -2.33. The Balaban J connectivity index is 2.85. The van der Waals surface area contributed by atoms with Gasteiger partial charge in [0, 0.05) is 20.2 Å². The second kappa shape index (κ2) is 6.17. The standard InChI is InChI=1S/C12H20N2O3S/c1-10-5-6-11(2)12(9-10)13-18(16,17)14(3)7-4-8-15/h5-6,9,13,15H,4,7-8H2,1-3H3. The van der Waals surface area contributed by atoms with Gasteiger partial charge in [0.1, 0.15) is 0 Å². The zero-order valence-corrected chi connectivity index (χ0v) is 11.8. The number of benzene rings is 1. The lowest BCUT2D eigenvalue weighted by molar-refractivity contribution is 0.276. The Labute approximate surface area is 109 Å². The van der Waals surface area contributed by atoms with Crippen molar-refractivity contribution in [2.24, 2.45) is 0 Å². The highest BCUT2D eigenvalue weighted by atomic mass is 32.2. The third-order valence-electron chi connectivity index (χ3n) is 2.67. The fourth-order valence-electron chi connectivity index (χ4n) is 1.48. The fraction of sp³-hybridized carbons (Fsp3) is 0.500. The third kappa shape index (κ3) is 3.97. The van der Waals surface area contributed by atoms with Gasteiger partial charge in [-0.3, -0.25) is 4.72 Å². The summed E-state index contributed by atoms with van der Waals surface area (Å²) in [5, 5.41) is 8.71. The number of aryl methyl sites for hydroxylation is 2. The van der Waals surface area contributed by atoms with Crippen LogP contribution in [0.5, 0.6) is 0 Å². The number of aliphatic hydroxyl groups is 1. The Bertz CT molecular complexity index is 500. The summed E-state index contributed by atoms with van der Waals surface area (Å²) < 4.78 is 27.8. The molecule has 1 aromatic rings. The number of hydrogen-bond acceptors (Lipinski definition) is 3. The summed E-state index contributed by atoms with van der Waals surface area (Å²) in [6, 6.07) is 5.61. The van der Waals surface area contributed by atoms with Gasteiger partial charge in [-0.25, -0.2) is 0 Å². The molecular weight excluding hydrogens is 252 g/mol. The van der Waals surface area contributed by atoms with Crippen molar-refractivity contribution < 1.29 is 13.5 Å². The van der Waals surface area contributed by atoms with Crippen molar-refractivity contribution in [3.8, 4) is 0 Å². The molecule has 0 aliphatic carbocycles. The van der Waals surface area contributed by atoms with Crippen molar-refractivity contribution in [2.45, 2.75) is 20.3 Å². The SMILES string of the molecule is Cc1ccc(C)c(NS(=O)(=O)N(C)CCCO)c1. The Hall–Kier alpha value is -1.11. The summed E-state index contributed by atoms with van der Waals surface area (Å²) in [7, 11) is -2.06. The van der Waals surface area contributed by atoms with E-state index in [-0.39, 0.29) is 13.2 Å². The second-order valence-corrected chi connectivity index (χ2v) is 6.10. The smallest absolute Gasteiger partial charge is 0.301 e. The molecule has 2 N–H and O–H groups in total. The van der Waals surface area contributed by atoms with Crippen molar-refractivity contribution in [3.05, 3.63) is 29.3 Å². The lowest BCUT2D eigenvalue weighted by atomic mass is 10.1. The minimum absolute atomic E-state index is 0.0245. The second-order valence-electron chi connectivity index (χ2n) is 4.32. The van der Waals surface area contributed by atoms with Crippen molar-refractivity contribution in [1.29, 1.82) is 0 Å². The molecule has 5 nitrogen and oxygen atoms in total. The van der Waals surface area contributed by atoms with Gasteiger partial charge in [0.25, 0.3) is 0 Å². The molecule has 18 heavy (non-hydrogen) atoms. The fourth-order valence-corrected chi connectivity index (χ4v) is 2.50. The van der Waals surface area contributed by atoms with Gasteiger partial charge in [-0.1, -0.05) is 12.1 Å². The van der Waals surface area contributed by atoms with Crippen molar-refractivity contribution in [3.63, 3.8) is 0 Å². The van der Waals surface area contributed by atoms with Gasteiger partial charge in [-0.05, 0) is 37.5 Å². The molecule has 0 aliphatic rings. The summed E-state index contributed by atoms with van der Waals surface area (Å²) in [5.74, 6) is 0. The molecule has 0 spiro atoms. The molecule has 0 bridgehead atoms. The first-order valence-corrected chi connectivity index (χ1v) is 7.23. The predicted octanol–water partition coefficient (Wildman–Crippen LogP) is 1.27. The minimum Gasteiger partial charge on any atom is -0.396 e. The minimum atomic E-state index is -3.55. The van der Waals surface area contributed by atoms with Crippen LogP contribution < -0.4 is 4.72 Å². The van der Waals surface area contributed by atoms with Crippen LogP contribution in [0.3, 0.4) is 0 Å². The summed E-state index contributed by atoms with van der Waals surface area (Å²) in [6.07, 6.45) is 0.421. The van der Waals surface area contributed by atoms with E-state index in [9.17, 15) is 8.42 Å². The van der Waals surface area contributed by atoms with Crippen LogP contribution in [0.15, 0.2) is 18.2 Å². The molecule has 0 saturated carbocycles. The zero-order valence-electron chi connectivity index (χ0n) is 11.0. The molecule has 1 rings (SSSR count). The van der Waals surface area contributed by atoms with E-state index in [1.54, 1.807) is 6.07 Å². The zero-order chi connectivity index (χ0) is 13.8. The van der Waals surface area contributed by atoms with E-state index < -0.39 is 10.2 Å². The molecule has 0 amide bonds. The Morgan fingerprint density at radius 3 is 2.61 bits per heavy atom. The molecule has 6 heteroatoms. The lowest BCUT2D eigenvalue weighted by Gasteiger charge is -2.19. The van der Waals surface area contributed by atoms with Gasteiger partial charge >= 0.3 is 10.2 Å². The Kier molecular flexibility index (Phi) is 5.13. The van der Waals surface area contributed by atoms with Gasteiger partial charge in [0.05, 0.1) is 5.69 Å². The molecule has 0 radical (unpaired) electrons. The van der Waals surface area contributed by atoms with Crippen LogP contribution >= 0.6 is 0 Å². The van der Waals surface area contributed by atoms with Gasteiger partial charge in [0.15, 0.2) is 0 Å². The first-order chi connectivity index (χ1) is 8.36. The average Bonchev–Trinajstić information content (AvgIpc) is 2.30. The van der Waals surface area contributed by atoms with E-state index in [2.05, 4.69) is 4.72 Å². The highest BCUT2D eigenvalue weighted by Crippen LogP contribution is 2.18. The van der Waals surface area contributed by atoms with Crippen LogP contribution in [0.4, 0.5) is 5.69 Å². The monoisotopic (exact) mass is 272 g/mol. The molecule has 0 unspecified atom stereocenters. The van der Waals surface area contributed by atoms with Crippen molar-refractivity contribution in [2.75, 3.05) is 24.9 Å². The van der Waals surface area contributed by atoms with Crippen LogP contribution in [-0.4, -0.2) is 38.0 Å². The number of hydrogen-bond donors (Lipinski definition) is 2. The van der Waals surface area contributed by atoms with E-state index in [0.717, 1.165) is 11.1 Å². The van der Waals surface area contributed by atoms with Crippen molar-refractivity contribution in [1.82, 2.24) is 4.31 Å². The Morgan fingerprint density at radius 2 is 2.00 bits per heavy atom. The van der Waals surface area contributed by atoms with E-state index >= 15 is 0 Å². The molecule has 0 fully saturated rings. The quantitative estimate of drug-likeness (QED) is 0.819. The molecular formula is C12H20N2O3S. The molecule has 0 atom stereocenters. The molecule has 1 aromatic carbocycles. The maximum absolute atomic E-state index is 12.0. The maximum Gasteiger partial charge on any atom is 0.301 e. The Morgan fingerprint density at radius 1 is 1.33 bits per heavy atom. The molecule has 0 heterocycles. The molecule has 102 valence electrons. The van der Waals surface area contributed by atoms with Crippen LogP contribution in [0.1, 0.15) is 17.5 Å². The summed E-state index contributed by atoms with van der Waals surface area (Å²) in [5.41, 5.74) is 2.46. The average molecular weight is 272 g/mol. The van der Waals surface area contributed by atoms with Crippen LogP contribution in [-0.2, 0) is 10.2 Å². The predicted molar refractivity (Wildman–Crippen MR) is 72.8 cm³/mol. The van der Waals surface area contributed by atoms with E-state index in [1.165, 1.54) is 11.4 Å². The highest BCUT2D eigenvalue weighted by Gasteiger charge is 2.17. The maximum atomic E-state index is 12.0. The number of nitrogens with zero attached hydrogens (tertiary/aromatic N) is 1. The number of nitrogens with one attached hydrogen (secondary N) is 1. The third-order valence-corrected chi connectivity index (χ3v) is 4.15. The number of rotatable bonds is 6. The summed E-state index contributed by atoms with van der Waals surface area (Å²) >= 11 is 0. The summed E-state index contributed by atoms with van der Waals surface area (Å²) in [4.78, 5) is 0. The van der Waals surface area contributed by atoms with Crippen LogP contribution in [0, 0.1) is 13.8 Å². The van der Waals surface area contributed by atoms with Crippen LogP contribution in [0.2, 0.25) is 0 Å². The van der Waals surface area contributed by atoms with Gasteiger partial charge < -0.3 is 5.11 Å². The molecule has 0 aliphatic heterocycles. The topological polar surface area (TPSA) is 69.6 Å². The number of aliphatic hydroxyl groups excluding tert-OH is 1. The first-order valence-electron chi connectivity index (χ1n) is 5.79. The largest absolute Gasteiger partial charge is 0.396 e. The van der Waals surface area contributed by atoms with Gasteiger partial charge in [0.2, 0.25) is 0 Å². The summed E-state index contributed by atoms with van der Waals surface area (Å²) in [6.45, 7) is 4.03. The van der Waals surface area contributed by atoms with Gasteiger partial charge in [-0.15, -0.1) is 0 Å². The van der Waals surface area contributed by atoms with E-state index in [4.69, 9.17) is 5.11 Å². The molecule has 0 saturated heterocycles. The van der Waals surface area contributed by atoms with Gasteiger partial charge in [-0.2, -0.15) is 12.7 Å². The van der Waals surface area contributed by atoms with E-state index in [0.29, 0.717) is 12.1 Å². The van der Waals surface area contributed by atoms with Crippen molar-refractivity contribution >= 4 is 15.9 Å². The van der Waals surface area contributed by atoms with E-state index in [1.807, 2.05) is 26.0 Å². The number of anilines is 1. The normalized spacial score (nSPS) is 11.8. The van der Waals surface area contributed by atoms with Crippen LogP contribution in [0.25, 0.3) is 0 Å².